The lowest BCUT2D eigenvalue weighted by molar-refractivity contribution is -0.139. The summed E-state index contributed by atoms with van der Waals surface area (Å²) in [5.41, 5.74) is 0. The van der Waals surface area contributed by atoms with Gasteiger partial charge in [0.05, 0.1) is 39.4 Å². The Morgan fingerprint density at radius 3 is 2.74 bits per heavy atom. The van der Waals surface area contributed by atoms with Crippen molar-refractivity contribution in [3.05, 3.63) is 0 Å². The molecule has 0 saturated carbocycles. The molecule has 0 radical (unpaired) electrons. The number of ether oxygens (including phenoxy) is 2. The Morgan fingerprint density at radius 2 is 2.05 bits per heavy atom. The van der Waals surface area contributed by atoms with Crippen molar-refractivity contribution in [2.75, 3.05) is 40.1 Å². The van der Waals surface area contributed by atoms with Crippen LogP contribution in [0, 0.1) is 0 Å². The lowest BCUT2D eigenvalue weighted by Crippen LogP contribution is -2.34. The van der Waals surface area contributed by atoms with Crippen LogP contribution in [-0.2, 0) is 23.2 Å². The number of rotatable bonds is 10. The van der Waals surface area contributed by atoms with Crippen molar-refractivity contribution < 1.29 is 23.2 Å². The van der Waals surface area contributed by atoms with Gasteiger partial charge in [-0.1, -0.05) is 6.92 Å². The first-order valence-corrected chi connectivity index (χ1v) is 7.20. The predicted octanol–water partition coefficient (Wildman–Crippen LogP) is 0.852. The monoisotopic (exact) mass is 291 g/mol. The number of carbonyl (C=O) groups is 2. The molecule has 0 aromatic carbocycles. The molecule has 1 rings (SSSR count). The van der Waals surface area contributed by atoms with Gasteiger partial charge in [-0.2, -0.15) is 0 Å². The minimum absolute atomic E-state index is 0.155. The number of hydrogen-bond donors (Lipinski definition) is 0. The van der Waals surface area contributed by atoms with E-state index in [0.29, 0.717) is 33.0 Å². The Hall–Kier alpha value is -0.630. The maximum atomic E-state index is 12.0. The smallest absolute Gasteiger partial charge is 0.245 e. The van der Waals surface area contributed by atoms with Crippen LogP contribution in [0.1, 0.15) is 19.8 Å². The molecule has 1 heterocycles. The summed E-state index contributed by atoms with van der Waals surface area (Å²) >= 11 is 1.10. The van der Waals surface area contributed by atoms with Gasteiger partial charge >= 0.3 is 0 Å². The molecule has 1 aliphatic heterocycles. The van der Waals surface area contributed by atoms with E-state index in [2.05, 4.69) is 0 Å². The van der Waals surface area contributed by atoms with Gasteiger partial charge in [-0.3, -0.25) is 14.5 Å². The maximum Gasteiger partial charge on any atom is 0.245 e. The SMILES string of the molecule is CCCOSC1CC(=O)N(CCOCCOC)C1=O. The van der Waals surface area contributed by atoms with E-state index in [1.165, 1.54) is 4.90 Å². The highest BCUT2D eigenvalue weighted by atomic mass is 32.2. The van der Waals surface area contributed by atoms with E-state index < -0.39 is 5.25 Å². The van der Waals surface area contributed by atoms with Crippen LogP contribution in [-0.4, -0.2) is 62.0 Å². The van der Waals surface area contributed by atoms with Crippen molar-refractivity contribution in [1.29, 1.82) is 0 Å². The standard InChI is InChI=1S/C12H21NO5S/c1-3-5-18-19-10-9-11(14)13(12(10)15)4-6-17-8-7-16-2/h10H,3-9H2,1-2H3. The fraction of sp³-hybridized carbons (Fsp3) is 0.833. The molecule has 6 nitrogen and oxygen atoms in total. The van der Waals surface area contributed by atoms with Crippen molar-refractivity contribution in [3.8, 4) is 0 Å². The third-order valence-electron chi connectivity index (χ3n) is 2.57. The molecule has 110 valence electrons. The largest absolute Gasteiger partial charge is 0.382 e. The molecule has 0 spiro atoms. The third kappa shape index (κ3) is 5.48. The quantitative estimate of drug-likeness (QED) is 0.338. The molecule has 0 aliphatic carbocycles. The van der Waals surface area contributed by atoms with E-state index in [0.717, 1.165) is 18.5 Å². The fourth-order valence-corrected chi connectivity index (χ4v) is 2.42. The maximum absolute atomic E-state index is 12.0. The van der Waals surface area contributed by atoms with E-state index in [4.69, 9.17) is 13.7 Å². The summed E-state index contributed by atoms with van der Waals surface area (Å²) < 4.78 is 15.4. The minimum atomic E-state index is -0.405. The summed E-state index contributed by atoms with van der Waals surface area (Å²) in [6, 6.07) is 0. The van der Waals surface area contributed by atoms with Crippen LogP contribution in [0.4, 0.5) is 0 Å². The van der Waals surface area contributed by atoms with Crippen molar-refractivity contribution in [2.45, 2.75) is 25.0 Å². The molecule has 1 saturated heterocycles. The Bertz CT molecular complexity index is 300. The van der Waals surface area contributed by atoms with Crippen LogP contribution in [0.2, 0.25) is 0 Å². The summed E-state index contributed by atoms with van der Waals surface area (Å²) in [6.45, 7) is 4.19. The highest BCUT2D eigenvalue weighted by molar-refractivity contribution is 7.96. The average Bonchev–Trinajstić information content (AvgIpc) is 2.66. The van der Waals surface area contributed by atoms with Crippen molar-refractivity contribution in [2.24, 2.45) is 0 Å². The van der Waals surface area contributed by atoms with Gasteiger partial charge in [0.25, 0.3) is 0 Å². The topological polar surface area (TPSA) is 65.1 Å². The Morgan fingerprint density at radius 1 is 1.26 bits per heavy atom. The number of imide groups is 1. The predicted molar refractivity (Wildman–Crippen MR) is 71.7 cm³/mol. The van der Waals surface area contributed by atoms with E-state index in [9.17, 15) is 9.59 Å². The van der Waals surface area contributed by atoms with E-state index in [1.807, 2.05) is 6.92 Å². The van der Waals surface area contributed by atoms with Crippen LogP contribution in [0.15, 0.2) is 0 Å². The zero-order chi connectivity index (χ0) is 14.1. The first-order valence-electron chi connectivity index (χ1n) is 6.39. The molecule has 0 N–H and O–H groups in total. The molecular formula is C12H21NO5S. The molecular weight excluding hydrogens is 270 g/mol. The first kappa shape index (κ1) is 16.4. The van der Waals surface area contributed by atoms with Crippen LogP contribution < -0.4 is 0 Å². The van der Waals surface area contributed by atoms with Crippen molar-refractivity contribution in [3.63, 3.8) is 0 Å². The van der Waals surface area contributed by atoms with Crippen LogP contribution in [0.5, 0.6) is 0 Å². The molecule has 0 bridgehead atoms. The number of methoxy groups -OCH3 is 1. The Labute approximate surface area is 118 Å². The molecule has 1 aliphatic rings. The molecule has 0 aromatic heterocycles. The second kappa shape index (κ2) is 9.30. The van der Waals surface area contributed by atoms with E-state index in [1.54, 1.807) is 7.11 Å². The van der Waals surface area contributed by atoms with Gasteiger partial charge in [-0.15, -0.1) is 0 Å². The molecule has 0 aromatic rings. The van der Waals surface area contributed by atoms with Gasteiger partial charge in [-0.05, 0) is 6.42 Å². The molecule has 1 fully saturated rings. The lowest BCUT2D eigenvalue weighted by atomic mass is 10.4. The average molecular weight is 291 g/mol. The number of nitrogens with zero attached hydrogens (tertiary/aromatic N) is 1. The molecule has 2 amide bonds. The van der Waals surface area contributed by atoms with Gasteiger partial charge in [0.2, 0.25) is 11.8 Å². The molecule has 7 heteroatoms. The van der Waals surface area contributed by atoms with Gasteiger partial charge in [-0.25, -0.2) is 0 Å². The second-order valence-electron chi connectivity index (χ2n) is 4.10. The Balaban J connectivity index is 2.26. The molecule has 1 unspecified atom stereocenters. The van der Waals surface area contributed by atoms with Gasteiger partial charge in [0, 0.05) is 19.2 Å². The van der Waals surface area contributed by atoms with Crippen molar-refractivity contribution >= 4 is 23.9 Å². The summed E-state index contributed by atoms with van der Waals surface area (Å²) in [4.78, 5) is 24.9. The van der Waals surface area contributed by atoms with Crippen LogP contribution in [0.25, 0.3) is 0 Å². The summed E-state index contributed by atoms with van der Waals surface area (Å²) in [6.07, 6.45) is 1.10. The van der Waals surface area contributed by atoms with E-state index >= 15 is 0 Å². The highest BCUT2D eigenvalue weighted by Gasteiger charge is 2.39. The zero-order valence-electron chi connectivity index (χ0n) is 11.4. The van der Waals surface area contributed by atoms with Crippen LogP contribution >= 0.6 is 12.0 Å². The summed E-state index contributed by atoms with van der Waals surface area (Å²) in [5.74, 6) is -0.334. The number of likely N-dealkylation sites (tertiary alicyclic amines) is 1. The normalized spacial score (nSPS) is 19.5. The van der Waals surface area contributed by atoms with Gasteiger partial charge in [0.15, 0.2) is 0 Å². The number of carbonyl (C=O) groups excluding carboxylic acids is 2. The fourth-order valence-electron chi connectivity index (χ4n) is 1.58. The Kier molecular flexibility index (Phi) is 8.04. The number of amides is 2. The minimum Gasteiger partial charge on any atom is -0.382 e. The summed E-state index contributed by atoms with van der Waals surface area (Å²) in [7, 11) is 1.59. The zero-order valence-corrected chi connectivity index (χ0v) is 12.2. The summed E-state index contributed by atoms with van der Waals surface area (Å²) in [5, 5.41) is -0.405. The molecule has 1 atom stereocenters. The lowest BCUT2D eigenvalue weighted by Gasteiger charge is -2.14. The van der Waals surface area contributed by atoms with E-state index in [-0.39, 0.29) is 18.2 Å². The number of hydrogen-bond acceptors (Lipinski definition) is 6. The third-order valence-corrected chi connectivity index (χ3v) is 3.47. The highest BCUT2D eigenvalue weighted by Crippen LogP contribution is 2.25. The first-order chi connectivity index (χ1) is 9.20. The van der Waals surface area contributed by atoms with Gasteiger partial charge in [0.1, 0.15) is 5.25 Å². The van der Waals surface area contributed by atoms with Crippen molar-refractivity contribution in [1.82, 2.24) is 4.90 Å². The van der Waals surface area contributed by atoms with Gasteiger partial charge < -0.3 is 13.7 Å². The second-order valence-corrected chi connectivity index (χ2v) is 5.10. The molecule has 19 heavy (non-hydrogen) atoms. The van der Waals surface area contributed by atoms with Crippen LogP contribution in [0.3, 0.4) is 0 Å².